The lowest BCUT2D eigenvalue weighted by Gasteiger charge is -2.28. The van der Waals surface area contributed by atoms with Gasteiger partial charge in [-0.2, -0.15) is 0 Å². The van der Waals surface area contributed by atoms with Gasteiger partial charge in [-0.25, -0.2) is 4.79 Å². The second-order valence-corrected chi connectivity index (χ2v) is 9.54. The molecule has 0 aliphatic carbocycles. The molecule has 1 N–H and O–H groups in total. The highest BCUT2D eigenvalue weighted by Crippen LogP contribution is 2.38. The van der Waals surface area contributed by atoms with Gasteiger partial charge in [0.1, 0.15) is 19.3 Å². The molecule has 0 spiro atoms. The van der Waals surface area contributed by atoms with Gasteiger partial charge in [0, 0.05) is 7.05 Å². The Balaban J connectivity index is 4.22. The highest BCUT2D eigenvalue weighted by atomic mass is 31.2. The highest BCUT2D eigenvalue weighted by Gasteiger charge is 2.19. The molecule has 0 aliphatic heterocycles. The fourth-order valence-electron chi connectivity index (χ4n) is 2.53. The maximum atomic E-state index is 11.9. The first kappa shape index (κ1) is 27.3. The third kappa shape index (κ3) is 17.4. The fraction of sp³-hybridized carbons (Fsp3) is 0.947. The molecule has 0 aliphatic rings. The van der Waals surface area contributed by atoms with Crippen LogP contribution in [0.15, 0.2) is 0 Å². The number of ether oxygens (including phenoxy) is 1. The van der Waals surface area contributed by atoms with Crippen molar-refractivity contribution in [1.82, 2.24) is 5.32 Å². The summed E-state index contributed by atoms with van der Waals surface area (Å²) in [7, 11) is 2.87. The molecule has 28 heavy (non-hydrogen) atoms. The topological polar surface area (TPSA) is 96.9 Å². The number of nitrogens with one attached hydrogen (secondary N) is 1. The number of hydrogen-bond donors (Lipinski definition) is 1. The van der Waals surface area contributed by atoms with Crippen molar-refractivity contribution in [3.05, 3.63) is 0 Å². The van der Waals surface area contributed by atoms with Crippen LogP contribution in [0, 0.1) is 0 Å². The van der Waals surface area contributed by atoms with Crippen molar-refractivity contribution in [2.24, 2.45) is 0 Å². The van der Waals surface area contributed by atoms with Crippen molar-refractivity contribution < 1.29 is 32.5 Å². The van der Waals surface area contributed by atoms with E-state index in [1.807, 2.05) is 21.1 Å². The molecule has 0 aromatic heterocycles. The molecule has 0 fully saturated rings. The molecule has 8 nitrogen and oxygen atoms in total. The maximum absolute atomic E-state index is 11.9. The van der Waals surface area contributed by atoms with E-state index in [-0.39, 0.29) is 13.2 Å². The van der Waals surface area contributed by atoms with Gasteiger partial charge in [-0.05, 0) is 12.8 Å². The predicted molar refractivity (Wildman–Crippen MR) is 109 cm³/mol. The largest absolute Gasteiger partial charge is 0.756 e. The Kier molecular flexibility index (Phi) is 14.9. The van der Waals surface area contributed by atoms with Gasteiger partial charge in [-0.1, -0.05) is 51.9 Å². The Morgan fingerprint density at radius 3 is 2.14 bits per heavy atom. The second-order valence-electron chi connectivity index (χ2n) is 8.13. The number of amides is 1. The van der Waals surface area contributed by atoms with Crippen LogP contribution < -0.4 is 10.2 Å². The normalized spacial score (nSPS) is 15.1. The fourth-order valence-corrected chi connectivity index (χ4v) is 3.26. The monoisotopic (exact) mass is 424 g/mol. The SMILES string of the molecule is CCCCCCCCCCC(COP(=O)([O-])OCC[N+](C)(C)C)OC(=O)NC. The molecule has 0 bridgehead atoms. The minimum absolute atomic E-state index is 0.0449. The van der Waals surface area contributed by atoms with Gasteiger partial charge in [0.05, 0.1) is 27.7 Å². The van der Waals surface area contributed by atoms with Crippen molar-refractivity contribution in [3.8, 4) is 0 Å². The smallest absolute Gasteiger partial charge is 0.407 e. The van der Waals surface area contributed by atoms with Gasteiger partial charge in [-0.15, -0.1) is 0 Å². The number of quaternary nitrogens is 1. The number of carbonyl (C=O) groups is 1. The Labute approximate surface area is 171 Å². The standard InChI is InChI=1S/C19H41N2O6P/c1-6-7-8-9-10-11-12-13-14-18(27-19(22)20-2)17-26-28(23,24)25-16-15-21(3,4)5/h18H,6-17H2,1-5H3,(H-,20,22,23,24). The van der Waals surface area contributed by atoms with Crippen LogP contribution >= 0.6 is 7.82 Å². The Hall–Kier alpha value is -0.660. The van der Waals surface area contributed by atoms with Crippen LogP contribution in [0.1, 0.15) is 64.7 Å². The average molecular weight is 425 g/mol. The van der Waals surface area contributed by atoms with E-state index in [0.717, 1.165) is 19.3 Å². The zero-order chi connectivity index (χ0) is 21.5. The predicted octanol–water partition coefficient (Wildman–Crippen LogP) is 3.45. The molecule has 9 heteroatoms. The van der Waals surface area contributed by atoms with Crippen LogP contribution in [0.5, 0.6) is 0 Å². The van der Waals surface area contributed by atoms with E-state index < -0.39 is 20.0 Å². The van der Waals surface area contributed by atoms with Gasteiger partial charge in [-0.3, -0.25) is 4.57 Å². The molecule has 2 atom stereocenters. The van der Waals surface area contributed by atoms with E-state index in [0.29, 0.717) is 17.4 Å². The minimum atomic E-state index is -4.42. The Morgan fingerprint density at radius 2 is 1.61 bits per heavy atom. The molecule has 0 heterocycles. The van der Waals surface area contributed by atoms with Crippen LogP contribution in [0.4, 0.5) is 4.79 Å². The Morgan fingerprint density at radius 1 is 1.04 bits per heavy atom. The molecule has 1 amide bonds. The summed E-state index contributed by atoms with van der Waals surface area (Å²) in [6, 6.07) is 0. The summed E-state index contributed by atoms with van der Waals surface area (Å²) >= 11 is 0. The first-order chi connectivity index (χ1) is 13.1. The van der Waals surface area contributed by atoms with Crippen molar-refractivity contribution in [2.75, 3.05) is 47.9 Å². The number of unbranched alkanes of at least 4 members (excludes halogenated alkanes) is 7. The Bertz CT molecular complexity index is 456. The minimum Gasteiger partial charge on any atom is -0.756 e. The van der Waals surface area contributed by atoms with Crippen molar-refractivity contribution >= 4 is 13.9 Å². The molecule has 0 saturated carbocycles. The lowest BCUT2D eigenvalue weighted by Crippen LogP contribution is -2.37. The van der Waals surface area contributed by atoms with E-state index in [9.17, 15) is 14.3 Å². The van der Waals surface area contributed by atoms with Gasteiger partial charge >= 0.3 is 6.09 Å². The number of likely N-dealkylation sites (N-methyl/N-ethyl adjacent to an activating group) is 1. The molecule has 2 unspecified atom stereocenters. The van der Waals surface area contributed by atoms with Gasteiger partial charge < -0.3 is 28.5 Å². The van der Waals surface area contributed by atoms with E-state index in [1.54, 1.807) is 0 Å². The zero-order valence-electron chi connectivity index (χ0n) is 18.4. The van der Waals surface area contributed by atoms with Crippen LogP contribution in [-0.2, 0) is 18.3 Å². The summed E-state index contributed by atoms with van der Waals surface area (Å²) in [5.41, 5.74) is 0. The molecule has 0 aromatic carbocycles. The maximum Gasteiger partial charge on any atom is 0.407 e. The van der Waals surface area contributed by atoms with Crippen LogP contribution in [0.2, 0.25) is 0 Å². The molecule has 0 saturated heterocycles. The molecule has 0 radical (unpaired) electrons. The summed E-state index contributed by atoms with van der Waals surface area (Å²) in [5, 5.41) is 2.38. The van der Waals surface area contributed by atoms with Gasteiger partial charge in [0.15, 0.2) is 0 Å². The zero-order valence-corrected chi connectivity index (χ0v) is 19.3. The first-order valence-corrected chi connectivity index (χ1v) is 11.8. The number of rotatable bonds is 17. The lowest BCUT2D eigenvalue weighted by molar-refractivity contribution is -0.870. The van der Waals surface area contributed by atoms with E-state index >= 15 is 0 Å². The number of phosphoric acid groups is 1. The molecule has 0 rings (SSSR count). The van der Waals surface area contributed by atoms with Crippen molar-refractivity contribution in [2.45, 2.75) is 70.8 Å². The number of nitrogens with zero attached hydrogens (tertiary/aromatic N) is 1. The van der Waals surface area contributed by atoms with Crippen LogP contribution in [0.3, 0.4) is 0 Å². The van der Waals surface area contributed by atoms with Gasteiger partial charge in [0.2, 0.25) is 0 Å². The van der Waals surface area contributed by atoms with Crippen molar-refractivity contribution in [1.29, 1.82) is 0 Å². The molecular weight excluding hydrogens is 383 g/mol. The highest BCUT2D eigenvalue weighted by molar-refractivity contribution is 7.45. The van der Waals surface area contributed by atoms with E-state index in [1.165, 1.54) is 39.2 Å². The third-order valence-corrected chi connectivity index (χ3v) is 5.25. The number of alkyl carbamates (subject to hydrolysis) is 1. The lowest BCUT2D eigenvalue weighted by atomic mass is 10.1. The number of phosphoric ester groups is 1. The second kappa shape index (κ2) is 15.2. The van der Waals surface area contributed by atoms with Gasteiger partial charge in [0.25, 0.3) is 7.82 Å². The first-order valence-electron chi connectivity index (χ1n) is 10.4. The molecule has 0 aromatic rings. The summed E-state index contributed by atoms with van der Waals surface area (Å²) in [6.45, 7) is 2.55. The summed E-state index contributed by atoms with van der Waals surface area (Å²) in [5.74, 6) is 0. The number of hydrogen-bond acceptors (Lipinski definition) is 6. The van der Waals surface area contributed by atoms with Crippen LogP contribution in [0.25, 0.3) is 0 Å². The number of carbonyl (C=O) groups excluding carboxylic acids is 1. The average Bonchev–Trinajstić information content (AvgIpc) is 2.60. The summed E-state index contributed by atoms with van der Waals surface area (Å²) < 4.78 is 27.5. The van der Waals surface area contributed by atoms with E-state index in [4.69, 9.17) is 13.8 Å². The molecule has 168 valence electrons. The van der Waals surface area contributed by atoms with Crippen LogP contribution in [-0.4, -0.2) is 64.6 Å². The van der Waals surface area contributed by atoms with E-state index in [2.05, 4.69) is 12.2 Å². The van der Waals surface area contributed by atoms with Crippen molar-refractivity contribution in [3.63, 3.8) is 0 Å². The summed E-state index contributed by atoms with van der Waals surface area (Å²) in [6.07, 6.45) is 8.59. The summed E-state index contributed by atoms with van der Waals surface area (Å²) in [4.78, 5) is 23.4. The molecular formula is C19H41N2O6P. The third-order valence-electron chi connectivity index (χ3n) is 4.29. The quantitative estimate of drug-likeness (QED) is 0.218.